The summed E-state index contributed by atoms with van der Waals surface area (Å²) < 4.78 is 7.75. The van der Waals surface area contributed by atoms with Gasteiger partial charge in [0.2, 0.25) is 0 Å². The average molecular weight is 261 g/mol. The second-order valence-corrected chi connectivity index (χ2v) is 4.84. The van der Waals surface area contributed by atoms with Gasteiger partial charge >= 0.3 is 0 Å². The Morgan fingerprint density at radius 3 is 2.74 bits per heavy atom. The minimum absolute atomic E-state index is 0.150. The zero-order valence-corrected chi connectivity index (χ0v) is 12.2. The molecule has 2 aromatic rings. The average Bonchev–Trinajstić information content (AvgIpc) is 2.94. The van der Waals surface area contributed by atoms with Crippen LogP contribution in [0.4, 0.5) is 0 Å². The molecule has 0 radical (unpaired) electrons. The minimum atomic E-state index is 0.150. The van der Waals surface area contributed by atoms with Crippen LogP contribution in [0.2, 0.25) is 0 Å². The van der Waals surface area contributed by atoms with Crippen LogP contribution in [-0.2, 0) is 6.54 Å². The van der Waals surface area contributed by atoms with Crippen molar-refractivity contribution in [3.8, 4) is 0 Å². The molecule has 0 amide bonds. The van der Waals surface area contributed by atoms with E-state index in [1.165, 1.54) is 11.3 Å². The van der Waals surface area contributed by atoms with Gasteiger partial charge in [0.05, 0.1) is 11.7 Å². The van der Waals surface area contributed by atoms with Crippen LogP contribution >= 0.6 is 0 Å². The number of rotatable bonds is 6. The van der Waals surface area contributed by atoms with E-state index in [1.807, 2.05) is 20.0 Å². The van der Waals surface area contributed by atoms with Crippen molar-refractivity contribution >= 4 is 0 Å². The van der Waals surface area contributed by atoms with Gasteiger partial charge in [0.1, 0.15) is 11.5 Å². The number of hydrogen-bond acceptors (Lipinski definition) is 3. The number of furan rings is 1. The van der Waals surface area contributed by atoms with Crippen molar-refractivity contribution in [2.75, 3.05) is 6.54 Å². The predicted octanol–water partition coefficient (Wildman–Crippen LogP) is 3.20. The molecule has 104 valence electrons. The van der Waals surface area contributed by atoms with Gasteiger partial charge in [-0.1, -0.05) is 13.8 Å². The van der Waals surface area contributed by atoms with Gasteiger partial charge in [-0.3, -0.25) is 4.68 Å². The van der Waals surface area contributed by atoms with Gasteiger partial charge in [-0.15, -0.1) is 0 Å². The van der Waals surface area contributed by atoms with E-state index in [-0.39, 0.29) is 6.04 Å². The monoisotopic (exact) mass is 261 g/mol. The van der Waals surface area contributed by atoms with Crippen molar-refractivity contribution in [1.82, 2.24) is 15.1 Å². The summed E-state index contributed by atoms with van der Waals surface area (Å²) in [5, 5.41) is 7.95. The van der Waals surface area contributed by atoms with Crippen LogP contribution in [0.25, 0.3) is 0 Å². The zero-order valence-electron chi connectivity index (χ0n) is 12.2. The fourth-order valence-electron chi connectivity index (χ4n) is 2.50. The Hall–Kier alpha value is -1.55. The van der Waals surface area contributed by atoms with Crippen LogP contribution in [0.3, 0.4) is 0 Å². The van der Waals surface area contributed by atoms with Crippen molar-refractivity contribution < 1.29 is 4.42 Å². The summed E-state index contributed by atoms with van der Waals surface area (Å²) in [4.78, 5) is 0. The second-order valence-electron chi connectivity index (χ2n) is 4.84. The highest BCUT2D eigenvalue weighted by Crippen LogP contribution is 2.27. The lowest BCUT2D eigenvalue weighted by atomic mass is 10.0. The molecule has 19 heavy (non-hydrogen) atoms. The topological polar surface area (TPSA) is 43.0 Å². The first-order chi connectivity index (χ1) is 9.17. The van der Waals surface area contributed by atoms with E-state index in [4.69, 9.17) is 4.42 Å². The summed E-state index contributed by atoms with van der Waals surface area (Å²) in [6.07, 6.45) is 2.95. The van der Waals surface area contributed by atoms with Gasteiger partial charge in [0, 0.05) is 18.3 Å². The normalized spacial score (nSPS) is 12.8. The quantitative estimate of drug-likeness (QED) is 0.868. The van der Waals surface area contributed by atoms with Crippen LogP contribution in [-0.4, -0.2) is 16.3 Å². The van der Waals surface area contributed by atoms with E-state index >= 15 is 0 Å². The Morgan fingerprint density at radius 1 is 1.37 bits per heavy atom. The number of nitrogens with zero attached hydrogens (tertiary/aromatic N) is 2. The summed E-state index contributed by atoms with van der Waals surface area (Å²) >= 11 is 0. The molecule has 0 fully saturated rings. The Balaban J connectivity index is 2.39. The molecule has 0 aliphatic heterocycles. The fourth-order valence-corrected chi connectivity index (χ4v) is 2.50. The smallest absolute Gasteiger partial charge is 0.106 e. The molecular formula is C15H23N3O. The fraction of sp³-hybridized carbons (Fsp3) is 0.533. The third kappa shape index (κ3) is 2.89. The summed E-state index contributed by atoms with van der Waals surface area (Å²) in [5.74, 6) is 1.93. The maximum atomic E-state index is 5.67. The first-order valence-electron chi connectivity index (χ1n) is 6.99. The Bertz CT molecular complexity index is 527. The molecule has 2 rings (SSSR count). The highest BCUT2D eigenvalue weighted by Gasteiger charge is 2.21. The van der Waals surface area contributed by atoms with E-state index in [2.05, 4.69) is 41.1 Å². The van der Waals surface area contributed by atoms with Gasteiger partial charge in [-0.2, -0.15) is 5.10 Å². The van der Waals surface area contributed by atoms with Crippen molar-refractivity contribution in [2.45, 2.75) is 46.7 Å². The van der Waals surface area contributed by atoms with E-state index in [1.54, 1.807) is 0 Å². The lowest BCUT2D eigenvalue weighted by Gasteiger charge is -2.19. The summed E-state index contributed by atoms with van der Waals surface area (Å²) in [6.45, 7) is 10.2. The lowest BCUT2D eigenvalue weighted by Crippen LogP contribution is -2.25. The molecule has 2 aromatic heterocycles. The molecular weight excluding hydrogens is 238 g/mol. The number of aromatic nitrogens is 2. The molecule has 1 atom stereocenters. The van der Waals surface area contributed by atoms with Gasteiger partial charge in [0.15, 0.2) is 0 Å². The molecule has 0 spiro atoms. The molecule has 0 aliphatic carbocycles. The molecule has 1 unspecified atom stereocenters. The lowest BCUT2D eigenvalue weighted by molar-refractivity contribution is 0.485. The zero-order chi connectivity index (χ0) is 13.8. The number of hydrogen-bond donors (Lipinski definition) is 1. The van der Waals surface area contributed by atoms with E-state index in [0.717, 1.165) is 31.0 Å². The SMILES string of the molecule is CCCn1nccc1C(NCC)c1cc(C)oc1C. The Morgan fingerprint density at radius 2 is 2.16 bits per heavy atom. The number of nitrogens with one attached hydrogen (secondary N) is 1. The van der Waals surface area contributed by atoms with Gasteiger partial charge in [0.25, 0.3) is 0 Å². The van der Waals surface area contributed by atoms with Gasteiger partial charge < -0.3 is 9.73 Å². The molecule has 0 aliphatic rings. The van der Waals surface area contributed by atoms with Crippen molar-refractivity contribution in [3.05, 3.63) is 41.1 Å². The second kappa shape index (κ2) is 6.06. The molecule has 4 nitrogen and oxygen atoms in total. The van der Waals surface area contributed by atoms with Crippen molar-refractivity contribution in [3.63, 3.8) is 0 Å². The third-order valence-electron chi connectivity index (χ3n) is 3.28. The minimum Gasteiger partial charge on any atom is -0.466 e. The van der Waals surface area contributed by atoms with Crippen LogP contribution in [0, 0.1) is 13.8 Å². The molecule has 1 N–H and O–H groups in total. The maximum Gasteiger partial charge on any atom is 0.106 e. The molecule has 0 bridgehead atoms. The first-order valence-corrected chi connectivity index (χ1v) is 6.99. The Labute approximate surface area is 114 Å². The Kier molecular flexibility index (Phi) is 4.43. The van der Waals surface area contributed by atoms with Gasteiger partial charge in [-0.25, -0.2) is 0 Å². The first kappa shape index (κ1) is 13.9. The standard InChI is InChI=1S/C15H23N3O/c1-5-9-18-14(7-8-17-18)15(16-6-2)13-10-11(3)19-12(13)4/h7-8,10,15-16H,5-6,9H2,1-4H3. The van der Waals surface area contributed by atoms with Gasteiger partial charge in [-0.05, 0) is 38.9 Å². The summed E-state index contributed by atoms with van der Waals surface area (Å²) in [7, 11) is 0. The van der Waals surface area contributed by atoms with Crippen LogP contribution < -0.4 is 5.32 Å². The molecule has 0 saturated carbocycles. The van der Waals surface area contributed by atoms with Crippen LogP contribution in [0.1, 0.15) is 49.1 Å². The van der Waals surface area contributed by atoms with Crippen LogP contribution in [0.5, 0.6) is 0 Å². The van der Waals surface area contributed by atoms with E-state index in [9.17, 15) is 0 Å². The summed E-state index contributed by atoms with van der Waals surface area (Å²) in [5.41, 5.74) is 2.41. The van der Waals surface area contributed by atoms with E-state index in [0.29, 0.717) is 0 Å². The molecule has 0 aromatic carbocycles. The molecule has 0 saturated heterocycles. The molecule has 2 heterocycles. The van der Waals surface area contributed by atoms with Crippen molar-refractivity contribution in [1.29, 1.82) is 0 Å². The molecule has 4 heteroatoms. The predicted molar refractivity (Wildman–Crippen MR) is 76.2 cm³/mol. The largest absolute Gasteiger partial charge is 0.466 e. The highest BCUT2D eigenvalue weighted by molar-refractivity contribution is 5.31. The van der Waals surface area contributed by atoms with Crippen LogP contribution in [0.15, 0.2) is 22.7 Å². The van der Waals surface area contributed by atoms with E-state index < -0.39 is 0 Å². The maximum absolute atomic E-state index is 5.67. The number of aryl methyl sites for hydroxylation is 3. The van der Waals surface area contributed by atoms with Crippen molar-refractivity contribution in [2.24, 2.45) is 0 Å². The third-order valence-corrected chi connectivity index (χ3v) is 3.28. The highest BCUT2D eigenvalue weighted by atomic mass is 16.3. The summed E-state index contributed by atoms with van der Waals surface area (Å²) in [6, 6.07) is 4.35.